The molecule has 0 aliphatic carbocycles. The van der Waals surface area contributed by atoms with Crippen molar-refractivity contribution in [2.45, 2.75) is 19.9 Å². The van der Waals surface area contributed by atoms with Crippen molar-refractivity contribution in [3.05, 3.63) is 60.1 Å². The number of benzene rings is 1. The van der Waals surface area contributed by atoms with Gasteiger partial charge in [-0.2, -0.15) is 0 Å². The van der Waals surface area contributed by atoms with Crippen molar-refractivity contribution >= 4 is 5.71 Å². The van der Waals surface area contributed by atoms with Crippen LogP contribution in [-0.2, 0) is 0 Å². The van der Waals surface area contributed by atoms with Gasteiger partial charge in [0.15, 0.2) is 0 Å². The van der Waals surface area contributed by atoms with E-state index < -0.39 is 0 Å². The highest BCUT2D eigenvalue weighted by molar-refractivity contribution is 5.98. The van der Waals surface area contributed by atoms with Crippen molar-refractivity contribution in [3.63, 3.8) is 0 Å². The van der Waals surface area contributed by atoms with Gasteiger partial charge in [-0.05, 0) is 31.5 Å². The minimum absolute atomic E-state index is 0.0650. The lowest BCUT2D eigenvalue weighted by atomic mass is 10.1. The lowest BCUT2D eigenvalue weighted by Gasteiger charge is -2.05. The molecule has 0 unspecified atom stereocenters. The Morgan fingerprint density at radius 2 is 1.88 bits per heavy atom. The zero-order chi connectivity index (χ0) is 11.4. The lowest BCUT2D eigenvalue weighted by molar-refractivity contribution is 0.481. The Balaban J connectivity index is 2.19. The van der Waals surface area contributed by atoms with Crippen molar-refractivity contribution in [2.75, 3.05) is 0 Å². The summed E-state index contributed by atoms with van der Waals surface area (Å²) in [6.07, 6.45) is 1.68. The molecular formula is C14H15NO. The summed E-state index contributed by atoms with van der Waals surface area (Å²) in [5.41, 5.74) is 2.19. The van der Waals surface area contributed by atoms with Gasteiger partial charge in [-0.3, -0.25) is 4.99 Å². The molecule has 0 radical (unpaired) electrons. The van der Waals surface area contributed by atoms with Crippen LogP contribution in [0.3, 0.4) is 0 Å². The van der Waals surface area contributed by atoms with E-state index in [2.05, 4.69) is 17.1 Å². The maximum absolute atomic E-state index is 5.32. The van der Waals surface area contributed by atoms with Crippen LogP contribution >= 0.6 is 0 Å². The van der Waals surface area contributed by atoms with Crippen LogP contribution in [0.4, 0.5) is 0 Å². The monoisotopic (exact) mass is 213 g/mol. The number of hydrogen-bond donors (Lipinski definition) is 0. The molecule has 0 fully saturated rings. The number of furan rings is 1. The van der Waals surface area contributed by atoms with Crippen LogP contribution in [0, 0.1) is 0 Å². The SMILES string of the molecule is CC(=N[C@H](C)c1ccco1)c1ccccc1. The smallest absolute Gasteiger partial charge is 0.127 e. The molecule has 2 nitrogen and oxygen atoms in total. The fourth-order valence-corrected chi connectivity index (χ4v) is 1.64. The van der Waals surface area contributed by atoms with E-state index in [1.54, 1.807) is 6.26 Å². The maximum atomic E-state index is 5.32. The number of aliphatic imine (C=N–C) groups is 1. The summed E-state index contributed by atoms with van der Waals surface area (Å²) in [5, 5.41) is 0. The second kappa shape index (κ2) is 4.79. The Bertz CT molecular complexity index is 457. The molecule has 2 aromatic rings. The average molecular weight is 213 g/mol. The van der Waals surface area contributed by atoms with Crippen LogP contribution in [0.15, 0.2) is 58.1 Å². The molecule has 0 bridgehead atoms. The highest BCUT2D eigenvalue weighted by atomic mass is 16.3. The van der Waals surface area contributed by atoms with E-state index in [0.717, 1.165) is 17.0 Å². The Hall–Kier alpha value is -1.83. The quantitative estimate of drug-likeness (QED) is 0.711. The standard InChI is InChI=1S/C14H15NO/c1-11(13-7-4-3-5-8-13)15-12(2)14-9-6-10-16-14/h3-10,12H,1-2H3/t12-/m1/s1. The van der Waals surface area contributed by atoms with Gasteiger partial charge in [0, 0.05) is 5.71 Å². The lowest BCUT2D eigenvalue weighted by Crippen LogP contribution is -1.97. The minimum atomic E-state index is 0.0650. The van der Waals surface area contributed by atoms with E-state index in [0.29, 0.717) is 0 Å². The van der Waals surface area contributed by atoms with Crippen LogP contribution < -0.4 is 0 Å². The molecule has 1 atom stereocenters. The molecule has 2 rings (SSSR count). The molecule has 1 heterocycles. The third-order valence-corrected chi connectivity index (χ3v) is 2.53. The summed E-state index contributed by atoms with van der Waals surface area (Å²) in [4.78, 5) is 4.61. The Morgan fingerprint density at radius 3 is 2.50 bits per heavy atom. The van der Waals surface area contributed by atoms with Gasteiger partial charge < -0.3 is 4.42 Å². The molecule has 0 saturated heterocycles. The van der Waals surface area contributed by atoms with E-state index in [4.69, 9.17) is 4.42 Å². The van der Waals surface area contributed by atoms with Gasteiger partial charge in [0.25, 0.3) is 0 Å². The number of rotatable bonds is 3. The predicted molar refractivity (Wildman–Crippen MR) is 65.8 cm³/mol. The summed E-state index contributed by atoms with van der Waals surface area (Å²) in [6, 6.07) is 14.1. The number of nitrogens with zero attached hydrogens (tertiary/aromatic N) is 1. The van der Waals surface area contributed by atoms with Gasteiger partial charge >= 0.3 is 0 Å². The van der Waals surface area contributed by atoms with Crippen molar-refractivity contribution in [1.29, 1.82) is 0 Å². The van der Waals surface area contributed by atoms with Crippen LogP contribution in [0.2, 0.25) is 0 Å². The molecule has 0 aliphatic heterocycles. The molecule has 1 aromatic heterocycles. The van der Waals surface area contributed by atoms with E-state index in [9.17, 15) is 0 Å². The molecule has 2 heteroatoms. The molecule has 82 valence electrons. The molecule has 0 amide bonds. The third-order valence-electron chi connectivity index (χ3n) is 2.53. The first kappa shape index (κ1) is 10.7. The predicted octanol–water partition coefficient (Wildman–Crippen LogP) is 3.85. The van der Waals surface area contributed by atoms with Gasteiger partial charge in [-0.15, -0.1) is 0 Å². The Morgan fingerprint density at radius 1 is 1.12 bits per heavy atom. The second-order valence-electron chi connectivity index (χ2n) is 3.77. The van der Waals surface area contributed by atoms with E-state index in [1.807, 2.05) is 44.2 Å². The largest absolute Gasteiger partial charge is 0.467 e. The van der Waals surface area contributed by atoms with Crippen LogP contribution in [0.25, 0.3) is 0 Å². The van der Waals surface area contributed by atoms with Crippen molar-refractivity contribution in [2.24, 2.45) is 4.99 Å². The zero-order valence-corrected chi connectivity index (χ0v) is 9.55. The van der Waals surface area contributed by atoms with Crippen LogP contribution in [-0.4, -0.2) is 5.71 Å². The van der Waals surface area contributed by atoms with Gasteiger partial charge in [-0.1, -0.05) is 30.3 Å². The van der Waals surface area contributed by atoms with Crippen LogP contribution in [0.1, 0.15) is 31.2 Å². The first-order chi connectivity index (χ1) is 7.77. The van der Waals surface area contributed by atoms with Crippen molar-refractivity contribution in [1.82, 2.24) is 0 Å². The zero-order valence-electron chi connectivity index (χ0n) is 9.55. The molecule has 0 aliphatic rings. The minimum Gasteiger partial charge on any atom is -0.467 e. The van der Waals surface area contributed by atoms with Crippen molar-refractivity contribution in [3.8, 4) is 0 Å². The summed E-state index contributed by atoms with van der Waals surface area (Å²) < 4.78 is 5.32. The summed E-state index contributed by atoms with van der Waals surface area (Å²) in [6.45, 7) is 4.06. The van der Waals surface area contributed by atoms with Crippen LogP contribution in [0.5, 0.6) is 0 Å². The fraction of sp³-hybridized carbons (Fsp3) is 0.214. The van der Waals surface area contributed by atoms with Crippen molar-refractivity contribution < 1.29 is 4.42 Å². The van der Waals surface area contributed by atoms with Gasteiger partial charge in [0.05, 0.1) is 6.26 Å². The maximum Gasteiger partial charge on any atom is 0.127 e. The van der Waals surface area contributed by atoms with Gasteiger partial charge in [0.2, 0.25) is 0 Å². The Labute approximate surface area is 95.6 Å². The van der Waals surface area contributed by atoms with E-state index in [1.165, 1.54) is 0 Å². The highest BCUT2D eigenvalue weighted by Gasteiger charge is 2.06. The van der Waals surface area contributed by atoms with Gasteiger partial charge in [0.1, 0.15) is 11.8 Å². The first-order valence-corrected chi connectivity index (χ1v) is 5.40. The molecule has 0 saturated carbocycles. The molecule has 1 aromatic carbocycles. The van der Waals surface area contributed by atoms with E-state index in [-0.39, 0.29) is 6.04 Å². The topological polar surface area (TPSA) is 25.5 Å². The summed E-state index contributed by atoms with van der Waals surface area (Å²) in [5.74, 6) is 0.898. The molecule has 16 heavy (non-hydrogen) atoms. The highest BCUT2D eigenvalue weighted by Crippen LogP contribution is 2.18. The molecular weight excluding hydrogens is 198 g/mol. The second-order valence-corrected chi connectivity index (χ2v) is 3.77. The molecule has 0 N–H and O–H groups in total. The van der Waals surface area contributed by atoms with Gasteiger partial charge in [-0.25, -0.2) is 0 Å². The summed E-state index contributed by atoms with van der Waals surface area (Å²) in [7, 11) is 0. The fourth-order valence-electron chi connectivity index (χ4n) is 1.64. The third kappa shape index (κ3) is 2.40. The van der Waals surface area contributed by atoms with E-state index >= 15 is 0 Å². The normalized spacial score (nSPS) is 13.8. The first-order valence-electron chi connectivity index (χ1n) is 5.40. The Kier molecular flexibility index (Phi) is 3.20. The molecule has 0 spiro atoms. The number of hydrogen-bond acceptors (Lipinski definition) is 2. The average Bonchev–Trinajstić information content (AvgIpc) is 2.83. The summed E-state index contributed by atoms with van der Waals surface area (Å²) >= 11 is 0.